The molecular weight excluding hydrogens is 397 g/mol. The molecule has 22 heavy (non-hydrogen) atoms. The van der Waals surface area contributed by atoms with E-state index in [1.165, 1.54) is 7.11 Å². The number of nitrogens with zero attached hydrogens (tertiary/aromatic N) is 1. The van der Waals surface area contributed by atoms with Gasteiger partial charge in [0.05, 0.1) is 7.11 Å². The number of nitrogens with one attached hydrogen (secondary N) is 2. The number of carbonyl (C=O) groups is 1. The molecule has 0 aromatic carbocycles. The summed E-state index contributed by atoms with van der Waals surface area (Å²) in [6.45, 7) is 7.95. The van der Waals surface area contributed by atoms with Gasteiger partial charge in [-0.25, -0.2) is 9.79 Å². The van der Waals surface area contributed by atoms with Crippen molar-refractivity contribution >= 4 is 35.9 Å². The maximum absolute atomic E-state index is 11.5. The molecule has 0 saturated carbocycles. The molecule has 0 aliphatic heterocycles. The van der Waals surface area contributed by atoms with Crippen molar-refractivity contribution in [2.24, 2.45) is 4.99 Å². The number of unbranched alkanes of at least 4 members (excludes halogenated alkanes) is 1. The monoisotopic (exact) mass is 423 g/mol. The number of aryl methyl sites for hydroxylation is 1. The molecule has 0 atom stereocenters. The number of guanidine groups is 1. The summed E-state index contributed by atoms with van der Waals surface area (Å²) in [5.74, 6) is 1.55. The second kappa shape index (κ2) is 11.3. The Morgan fingerprint density at radius 1 is 1.36 bits per heavy atom. The highest BCUT2D eigenvalue weighted by molar-refractivity contribution is 14.0. The number of hydrogen-bond acceptors (Lipinski definition) is 4. The first kappa shape index (κ1) is 20.8. The van der Waals surface area contributed by atoms with E-state index in [4.69, 9.17) is 9.15 Å². The van der Waals surface area contributed by atoms with E-state index < -0.39 is 0 Å². The lowest BCUT2D eigenvalue weighted by Crippen LogP contribution is -2.37. The van der Waals surface area contributed by atoms with Gasteiger partial charge < -0.3 is 19.8 Å². The first-order valence-electron chi connectivity index (χ1n) is 7.32. The van der Waals surface area contributed by atoms with Crippen molar-refractivity contribution in [3.63, 3.8) is 0 Å². The molecule has 1 heterocycles. The molecule has 0 saturated heterocycles. The van der Waals surface area contributed by atoms with Gasteiger partial charge in [0.25, 0.3) is 0 Å². The molecule has 126 valence electrons. The van der Waals surface area contributed by atoms with Crippen LogP contribution in [0.25, 0.3) is 0 Å². The van der Waals surface area contributed by atoms with E-state index in [1.807, 2.05) is 6.92 Å². The predicted octanol–water partition coefficient (Wildman–Crippen LogP) is 2.85. The summed E-state index contributed by atoms with van der Waals surface area (Å²) in [5, 5.41) is 6.43. The molecule has 0 unspecified atom stereocenters. The van der Waals surface area contributed by atoms with Crippen LogP contribution in [0.2, 0.25) is 0 Å². The van der Waals surface area contributed by atoms with Gasteiger partial charge in [0, 0.05) is 13.1 Å². The lowest BCUT2D eigenvalue weighted by molar-refractivity contribution is 0.0599. The molecule has 1 rings (SSSR count). The molecule has 0 amide bonds. The number of methoxy groups -OCH3 is 1. The molecule has 0 bridgehead atoms. The Labute approximate surface area is 149 Å². The van der Waals surface area contributed by atoms with E-state index in [1.54, 1.807) is 13.0 Å². The van der Waals surface area contributed by atoms with Crippen molar-refractivity contribution in [2.45, 2.75) is 40.2 Å². The third kappa shape index (κ3) is 6.67. The molecule has 0 aliphatic carbocycles. The summed E-state index contributed by atoms with van der Waals surface area (Å²) in [7, 11) is 1.35. The average Bonchev–Trinajstić information content (AvgIpc) is 2.85. The largest absolute Gasteiger partial charge is 0.465 e. The van der Waals surface area contributed by atoms with Crippen LogP contribution in [0.3, 0.4) is 0 Å². The highest BCUT2D eigenvalue weighted by Gasteiger charge is 2.15. The van der Waals surface area contributed by atoms with E-state index in [9.17, 15) is 4.79 Å². The molecule has 0 spiro atoms. The average molecular weight is 423 g/mol. The van der Waals surface area contributed by atoms with Crippen LogP contribution in [0.1, 0.15) is 48.6 Å². The van der Waals surface area contributed by atoms with Crippen LogP contribution in [-0.2, 0) is 11.3 Å². The van der Waals surface area contributed by atoms with Crippen molar-refractivity contribution < 1.29 is 13.9 Å². The standard InChI is InChI=1S/C15H25N3O3.HI/c1-5-7-8-17-15(16-6-2)18-10-12-9-13(11(3)21-12)14(19)20-4;/h9H,5-8,10H2,1-4H3,(H2,16,17,18);1H. The minimum Gasteiger partial charge on any atom is -0.465 e. The Balaban J connectivity index is 0.00000441. The number of carbonyl (C=O) groups excluding carboxylic acids is 1. The highest BCUT2D eigenvalue weighted by Crippen LogP contribution is 2.16. The second-order valence-electron chi connectivity index (χ2n) is 4.65. The summed E-state index contributed by atoms with van der Waals surface area (Å²) in [6.07, 6.45) is 2.23. The Bertz CT molecular complexity index is 486. The van der Waals surface area contributed by atoms with Crippen LogP contribution in [0, 0.1) is 6.92 Å². The Hall–Kier alpha value is -1.25. The minimum atomic E-state index is -0.389. The summed E-state index contributed by atoms with van der Waals surface area (Å²) in [6, 6.07) is 1.68. The highest BCUT2D eigenvalue weighted by atomic mass is 127. The number of esters is 1. The van der Waals surface area contributed by atoms with Gasteiger partial charge in [-0.3, -0.25) is 0 Å². The van der Waals surface area contributed by atoms with Gasteiger partial charge in [-0.05, 0) is 26.3 Å². The fourth-order valence-electron chi connectivity index (χ4n) is 1.82. The molecule has 1 aromatic heterocycles. The number of furan rings is 1. The Kier molecular flexibility index (Phi) is 10.7. The summed E-state index contributed by atoms with van der Waals surface area (Å²) < 4.78 is 10.2. The van der Waals surface area contributed by atoms with Crippen molar-refractivity contribution in [1.82, 2.24) is 10.6 Å². The number of aliphatic imine (C=N–C) groups is 1. The van der Waals surface area contributed by atoms with Crippen molar-refractivity contribution in [1.29, 1.82) is 0 Å². The van der Waals surface area contributed by atoms with Crippen LogP contribution < -0.4 is 10.6 Å². The summed E-state index contributed by atoms with van der Waals surface area (Å²) in [4.78, 5) is 16.0. The molecule has 0 radical (unpaired) electrons. The van der Waals surface area contributed by atoms with Gasteiger partial charge in [0.15, 0.2) is 5.96 Å². The first-order valence-corrected chi connectivity index (χ1v) is 7.32. The lowest BCUT2D eigenvalue weighted by atomic mass is 10.2. The Morgan fingerprint density at radius 3 is 2.68 bits per heavy atom. The van der Waals surface area contributed by atoms with E-state index >= 15 is 0 Å². The fourth-order valence-corrected chi connectivity index (χ4v) is 1.82. The fraction of sp³-hybridized carbons (Fsp3) is 0.600. The molecule has 0 aliphatic rings. The second-order valence-corrected chi connectivity index (χ2v) is 4.65. The SMILES string of the molecule is CCCCNC(=NCc1cc(C(=O)OC)c(C)o1)NCC.I. The van der Waals surface area contributed by atoms with Crippen LogP contribution >= 0.6 is 24.0 Å². The molecule has 7 heteroatoms. The smallest absolute Gasteiger partial charge is 0.341 e. The zero-order valence-corrected chi connectivity index (χ0v) is 16.0. The van der Waals surface area contributed by atoms with Crippen molar-refractivity contribution in [3.8, 4) is 0 Å². The van der Waals surface area contributed by atoms with Crippen LogP contribution in [0.15, 0.2) is 15.5 Å². The van der Waals surface area contributed by atoms with Crippen LogP contribution in [-0.4, -0.2) is 32.1 Å². The maximum Gasteiger partial charge on any atom is 0.341 e. The van der Waals surface area contributed by atoms with Gasteiger partial charge >= 0.3 is 5.97 Å². The third-order valence-corrected chi connectivity index (χ3v) is 2.93. The molecular formula is C15H26IN3O3. The van der Waals surface area contributed by atoms with Gasteiger partial charge in [-0.15, -0.1) is 24.0 Å². The summed E-state index contributed by atoms with van der Waals surface area (Å²) >= 11 is 0. The van der Waals surface area contributed by atoms with E-state index in [2.05, 4.69) is 22.5 Å². The van der Waals surface area contributed by atoms with Crippen molar-refractivity contribution in [3.05, 3.63) is 23.2 Å². The first-order chi connectivity index (χ1) is 10.1. The zero-order chi connectivity index (χ0) is 15.7. The normalized spacial score (nSPS) is 10.8. The summed E-state index contributed by atoms with van der Waals surface area (Å²) in [5.41, 5.74) is 0.451. The molecule has 6 nitrogen and oxygen atoms in total. The van der Waals surface area contributed by atoms with E-state index in [-0.39, 0.29) is 29.9 Å². The maximum atomic E-state index is 11.5. The molecule has 0 fully saturated rings. The number of ether oxygens (including phenoxy) is 1. The number of hydrogen-bond donors (Lipinski definition) is 2. The van der Waals surface area contributed by atoms with Crippen molar-refractivity contribution in [2.75, 3.05) is 20.2 Å². The quantitative estimate of drug-likeness (QED) is 0.232. The van der Waals surface area contributed by atoms with Gasteiger partial charge in [0.2, 0.25) is 0 Å². The number of rotatable bonds is 7. The van der Waals surface area contributed by atoms with Gasteiger partial charge in [-0.1, -0.05) is 13.3 Å². The van der Waals surface area contributed by atoms with Crippen LogP contribution in [0.4, 0.5) is 0 Å². The third-order valence-electron chi connectivity index (χ3n) is 2.93. The number of halogens is 1. The zero-order valence-electron chi connectivity index (χ0n) is 13.7. The van der Waals surface area contributed by atoms with Gasteiger partial charge in [-0.2, -0.15) is 0 Å². The minimum absolute atomic E-state index is 0. The van der Waals surface area contributed by atoms with Crippen LogP contribution in [0.5, 0.6) is 0 Å². The van der Waals surface area contributed by atoms with E-state index in [0.717, 1.165) is 31.9 Å². The van der Waals surface area contributed by atoms with E-state index in [0.29, 0.717) is 23.6 Å². The molecule has 2 N–H and O–H groups in total. The predicted molar refractivity (Wildman–Crippen MR) is 97.9 cm³/mol. The lowest BCUT2D eigenvalue weighted by Gasteiger charge is -2.10. The molecule has 1 aromatic rings. The topological polar surface area (TPSA) is 75.9 Å². The van der Waals surface area contributed by atoms with Gasteiger partial charge in [0.1, 0.15) is 23.6 Å². The Morgan fingerprint density at radius 2 is 2.09 bits per heavy atom.